The van der Waals surface area contributed by atoms with Crippen LogP contribution in [0.1, 0.15) is 29.1 Å². The van der Waals surface area contributed by atoms with Gasteiger partial charge in [0.25, 0.3) is 0 Å². The number of fused-ring (bicyclic) bond motifs is 1. The zero-order valence-corrected chi connectivity index (χ0v) is 20.9. The lowest BCUT2D eigenvalue weighted by Crippen LogP contribution is -2.44. The average molecular weight is 534 g/mol. The summed E-state index contributed by atoms with van der Waals surface area (Å²) in [6, 6.07) is 2.14. The fourth-order valence-electron chi connectivity index (χ4n) is 5.01. The second kappa shape index (κ2) is 10.1. The highest BCUT2D eigenvalue weighted by atomic mass is 32.1. The van der Waals surface area contributed by atoms with Gasteiger partial charge in [-0.15, -0.1) is 11.3 Å². The van der Waals surface area contributed by atoms with Crippen LogP contribution in [0, 0.1) is 12.7 Å². The molecule has 4 heterocycles. The number of aromatic nitrogens is 1. The number of hydrogen-bond donors (Lipinski definition) is 2. The van der Waals surface area contributed by atoms with Gasteiger partial charge >= 0.3 is 12.1 Å². The molecule has 3 aliphatic heterocycles. The molecule has 3 aliphatic rings. The number of carbonyl (C=O) groups excluding carboxylic acids is 1. The van der Waals surface area contributed by atoms with E-state index in [0.717, 1.165) is 0 Å². The highest BCUT2D eigenvalue weighted by Gasteiger charge is 2.53. The molecular weight excluding hydrogens is 508 g/mol. The number of esters is 1. The van der Waals surface area contributed by atoms with Gasteiger partial charge in [0.15, 0.2) is 10.8 Å². The number of aliphatic imine (C=N–C) groups is 1. The number of rotatable bonds is 6. The normalized spacial score (nSPS) is 25.6. The summed E-state index contributed by atoms with van der Waals surface area (Å²) in [5, 5.41) is 15.6. The van der Waals surface area contributed by atoms with E-state index in [4.69, 9.17) is 14.6 Å². The van der Waals surface area contributed by atoms with Crippen LogP contribution in [0.15, 0.2) is 46.0 Å². The summed E-state index contributed by atoms with van der Waals surface area (Å²) in [4.78, 5) is 40.8. The van der Waals surface area contributed by atoms with Crippen molar-refractivity contribution in [2.75, 3.05) is 26.3 Å². The third-order valence-electron chi connectivity index (χ3n) is 6.71. The Bertz CT molecular complexity index is 1270. The van der Waals surface area contributed by atoms with E-state index in [9.17, 15) is 23.5 Å². The number of carbonyl (C=O) groups is 2. The maximum absolute atomic E-state index is 15.0. The number of alkyl halides is 1. The van der Waals surface area contributed by atoms with Crippen LogP contribution in [0.5, 0.6) is 0 Å². The second-order valence-corrected chi connectivity index (χ2v) is 9.71. The summed E-state index contributed by atoms with van der Waals surface area (Å²) in [6.07, 6.45) is -1.22. The number of hydrogen-bond acceptors (Lipinski definition) is 9. The standard InChI is InChI=1S/C24H25F2N5O5S/c1-3-35-23(32)18-16(10-30-9-15(26)20-17(30)11-36-31(20)24(33)34)28-21(22-27-7-8-37-22)29-19(18)13-5-4-6-14(25)12(13)2/h4-8,15,17,19-20H,3,9-11H2,1-2H3,(H,28,29)(H,33,34). The number of halogens is 2. The highest BCUT2D eigenvalue weighted by Crippen LogP contribution is 2.37. The number of amidine groups is 1. The Morgan fingerprint density at radius 2 is 2.19 bits per heavy atom. The molecule has 2 aromatic rings. The number of carboxylic acid groups (broad SMARTS) is 1. The van der Waals surface area contributed by atoms with Gasteiger partial charge in [-0.05, 0) is 31.0 Å². The van der Waals surface area contributed by atoms with E-state index in [1.54, 1.807) is 42.5 Å². The quantitative estimate of drug-likeness (QED) is 0.545. The maximum Gasteiger partial charge on any atom is 0.431 e. The Morgan fingerprint density at radius 1 is 1.38 bits per heavy atom. The van der Waals surface area contributed by atoms with Gasteiger partial charge in [0, 0.05) is 30.4 Å². The average Bonchev–Trinajstić information content (AvgIpc) is 3.60. The molecule has 5 rings (SSSR count). The molecule has 37 heavy (non-hydrogen) atoms. The van der Waals surface area contributed by atoms with E-state index in [2.05, 4.69) is 10.3 Å². The molecule has 4 unspecified atom stereocenters. The second-order valence-electron chi connectivity index (χ2n) is 8.82. The van der Waals surface area contributed by atoms with Gasteiger partial charge < -0.3 is 15.2 Å². The van der Waals surface area contributed by atoms with Crippen molar-refractivity contribution >= 4 is 29.2 Å². The van der Waals surface area contributed by atoms with Gasteiger partial charge in [-0.2, -0.15) is 5.06 Å². The Morgan fingerprint density at radius 3 is 2.89 bits per heavy atom. The lowest BCUT2D eigenvalue weighted by atomic mass is 9.92. The monoisotopic (exact) mass is 533 g/mol. The number of hydroxylamine groups is 2. The minimum absolute atomic E-state index is 0.0146. The van der Waals surface area contributed by atoms with Crippen molar-refractivity contribution in [2.45, 2.75) is 38.1 Å². The molecule has 0 saturated carbocycles. The van der Waals surface area contributed by atoms with E-state index in [1.165, 1.54) is 17.4 Å². The third kappa shape index (κ3) is 4.58. The molecule has 0 bridgehead atoms. The van der Waals surface area contributed by atoms with Gasteiger partial charge in [0.1, 0.15) is 24.1 Å². The van der Waals surface area contributed by atoms with Crippen molar-refractivity contribution in [1.82, 2.24) is 20.3 Å². The molecule has 10 nitrogen and oxygen atoms in total. The first kappa shape index (κ1) is 25.2. The lowest BCUT2D eigenvalue weighted by molar-refractivity contribution is -0.139. The van der Waals surface area contributed by atoms with Crippen molar-refractivity contribution in [3.05, 3.63) is 63.0 Å². The van der Waals surface area contributed by atoms with Gasteiger partial charge in [0.05, 0.1) is 24.8 Å². The summed E-state index contributed by atoms with van der Waals surface area (Å²) in [5.74, 6) is -0.691. The van der Waals surface area contributed by atoms with E-state index in [-0.39, 0.29) is 31.9 Å². The molecule has 0 aliphatic carbocycles. The number of likely N-dealkylation sites (tertiary alicyclic amines) is 1. The van der Waals surface area contributed by atoms with Gasteiger partial charge in [-0.25, -0.2) is 23.4 Å². The van der Waals surface area contributed by atoms with E-state index < -0.39 is 42.2 Å². The van der Waals surface area contributed by atoms with Crippen LogP contribution in [0.4, 0.5) is 13.6 Å². The van der Waals surface area contributed by atoms with Crippen molar-refractivity contribution < 1.29 is 33.1 Å². The van der Waals surface area contributed by atoms with E-state index >= 15 is 0 Å². The molecule has 1 amide bonds. The summed E-state index contributed by atoms with van der Waals surface area (Å²) in [7, 11) is 0. The summed E-state index contributed by atoms with van der Waals surface area (Å²) in [6.45, 7) is 3.38. The van der Waals surface area contributed by atoms with Crippen LogP contribution in [0.25, 0.3) is 0 Å². The molecule has 0 spiro atoms. The largest absolute Gasteiger partial charge is 0.463 e. The Balaban J connectivity index is 1.58. The summed E-state index contributed by atoms with van der Waals surface area (Å²) in [5.41, 5.74) is 1.39. The fraction of sp³-hybridized carbons (Fsp3) is 0.417. The molecule has 2 fully saturated rings. The van der Waals surface area contributed by atoms with Crippen LogP contribution in [-0.4, -0.2) is 82.5 Å². The SMILES string of the molecule is CCOC(=O)C1=C(CN2CC(F)C3C2CON3C(=O)O)NC(c2nccs2)=NC1c1cccc(F)c1C. The summed E-state index contributed by atoms with van der Waals surface area (Å²) < 4.78 is 34.9. The molecule has 196 valence electrons. The smallest absolute Gasteiger partial charge is 0.431 e. The maximum atomic E-state index is 15.0. The van der Waals surface area contributed by atoms with Crippen molar-refractivity contribution in [3.63, 3.8) is 0 Å². The first-order valence-corrected chi connectivity index (χ1v) is 12.6. The van der Waals surface area contributed by atoms with E-state index in [0.29, 0.717) is 32.7 Å². The van der Waals surface area contributed by atoms with Crippen molar-refractivity contribution in [2.24, 2.45) is 4.99 Å². The van der Waals surface area contributed by atoms with Crippen LogP contribution >= 0.6 is 11.3 Å². The number of nitrogens with one attached hydrogen (secondary N) is 1. The van der Waals surface area contributed by atoms with Crippen LogP contribution in [0.2, 0.25) is 0 Å². The van der Waals surface area contributed by atoms with Crippen molar-refractivity contribution in [1.29, 1.82) is 0 Å². The van der Waals surface area contributed by atoms with Gasteiger partial charge in [-0.3, -0.25) is 14.7 Å². The molecule has 1 aromatic carbocycles. The number of benzene rings is 1. The van der Waals surface area contributed by atoms with Crippen LogP contribution in [0.3, 0.4) is 0 Å². The first-order chi connectivity index (χ1) is 17.8. The van der Waals surface area contributed by atoms with E-state index in [1.807, 2.05) is 0 Å². The minimum Gasteiger partial charge on any atom is -0.463 e. The minimum atomic E-state index is -1.48. The number of nitrogens with zero attached hydrogens (tertiary/aromatic N) is 4. The molecule has 2 saturated heterocycles. The van der Waals surface area contributed by atoms with Crippen LogP contribution in [-0.2, 0) is 14.4 Å². The molecule has 1 aromatic heterocycles. The Hall–Kier alpha value is -3.42. The van der Waals surface area contributed by atoms with Crippen LogP contribution < -0.4 is 5.32 Å². The molecule has 4 atom stereocenters. The zero-order chi connectivity index (χ0) is 26.3. The summed E-state index contributed by atoms with van der Waals surface area (Å²) >= 11 is 1.34. The number of thiazole rings is 1. The fourth-order valence-corrected chi connectivity index (χ4v) is 5.59. The third-order valence-corrected chi connectivity index (χ3v) is 7.49. The Kier molecular flexibility index (Phi) is 6.92. The zero-order valence-electron chi connectivity index (χ0n) is 20.1. The Labute approximate surface area is 215 Å². The number of amides is 1. The lowest BCUT2D eigenvalue weighted by Gasteiger charge is -2.31. The molecule has 2 N–H and O–H groups in total. The van der Waals surface area contributed by atoms with Gasteiger partial charge in [-0.1, -0.05) is 12.1 Å². The molecule has 13 heteroatoms. The topological polar surface area (TPSA) is 117 Å². The van der Waals surface area contributed by atoms with Gasteiger partial charge in [0.2, 0.25) is 0 Å². The first-order valence-electron chi connectivity index (χ1n) is 11.7. The molecule has 0 radical (unpaired) electrons. The van der Waals surface area contributed by atoms with Crippen molar-refractivity contribution in [3.8, 4) is 0 Å². The molecular formula is C24H25F2N5O5S. The predicted molar refractivity (Wildman–Crippen MR) is 129 cm³/mol. The highest BCUT2D eigenvalue weighted by molar-refractivity contribution is 7.11. The predicted octanol–water partition coefficient (Wildman–Crippen LogP) is 2.82. The number of ether oxygens (including phenoxy) is 1.